The molecule has 0 atom stereocenters. The van der Waals surface area contributed by atoms with Crippen molar-refractivity contribution in [3.63, 3.8) is 0 Å². The predicted octanol–water partition coefficient (Wildman–Crippen LogP) is 3.58. The molecule has 0 aliphatic heterocycles. The number of halogens is 4. The van der Waals surface area contributed by atoms with E-state index in [0.717, 1.165) is 16.7 Å². The van der Waals surface area contributed by atoms with Gasteiger partial charge < -0.3 is 0 Å². The van der Waals surface area contributed by atoms with Crippen molar-refractivity contribution in [2.24, 2.45) is 0 Å². The van der Waals surface area contributed by atoms with Crippen LogP contribution in [0, 0.1) is 5.82 Å². The molecule has 8 heteroatoms. The molecule has 2 aromatic rings. The summed E-state index contributed by atoms with van der Waals surface area (Å²) in [6.07, 6.45) is 1.07. The maximum absolute atomic E-state index is 13.4. The van der Waals surface area contributed by atoms with Crippen LogP contribution in [-0.2, 0) is 6.42 Å². The van der Waals surface area contributed by atoms with Crippen LogP contribution in [0.5, 0.6) is 0 Å². The lowest BCUT2D eigenvalue weighted by atomic mass is 10.2. The van der Waals surface area contributed by atoms with Crippen molar-refractivity contribution in [2.75, 3.05) is 0 Å². The molecular weight excluding hydrogens is 342 g/mol. The molecule has 0 spiro atoms. The van der Waals surface area contributed by atoms with Gasteiger partial charge in [-0.05, 0) is 18.6 Å². The number of rotatable bonds is 3. The Kier molecular flexibility index (Phi) is 4.76. The minimum atomic E-state index is -0.811. The molecule has 0 unspecified atom stereocenters. The largest absolute Gasteiger partial charge is 0.334 e. The van der Waals surface area contributed by atoms with Gasteiger partial charge in [0.05, 0.1) is 21.3 Å². The molecule has 112 valence electrons. The first kappa shape index (κ1) is 16.1. The number of hydrogen-bond acceptors (Lipinski definition) is 2. The first-order valence-corrected chi connectivity index (χ1v) is 7.18. The Balaban J connectivity index is 2.78. The third-order valence-corrected chi connectivity index (χ3v) is 3.75. The highest BCUT2D eigenvalue weighted by molar-refractivity contribution is 6.35. The monoisotopic (exact) mass is 350 g/mol. The second-order valence-corrected chi connectivity index (χ2v) is 5.53. The van der Waals surface area contributed by atoms with Crippen LogP contribution >= 0.6 is 34.8 Å². The molecule has 0 bridgehead atoms. The number of hydrogen-bond donors (Lipinski definition) is 1. The van der Waals surface area contributed by atoms with Crippen molar-refractivity contribution in [1.82, 2.24) is 9.55 Å². The van der Waals surface area contributed by atoms with E-state index in [1.165, 1.54) is 0 Å². The van der Waals surface area contributed by atoms with E-state index in [2.05, 4.69) is 4.98 Å². The summed E-state index contributed by atoms with van der Waals surface area (Å²) in [7, 11) is 0. The standard InChI is InChI=1S/C13H10Cl3FN2O2/c1-2-3-7-11(16)18-13(21)19(12(7)20)6-4-8(14)10(17)9(15)5-6/h4-5H,2-3H2,1H3,(H,18,21). The van der Waals surface area contributed by atoms with E-state index < -0.39 is 17.1 Å². The Labute approximate surface area is 134 Å². The molecule has 0 saturated carbocycles. The Morgan fingerprint density at radius 1 is 1.19 bits per heavy atom. The molecule has 21 heavy (non-hydrogen) atoms. The van der Waals surface area contributed by atoms with Crippen molar-refractivity contribution in [2.45, 2.75) is 19.8 Å². The minimum Gasteiger partial charge on any atom is -0.297 e. The van der Waals surface area contributed by atoms with Crippen molar-refractivity contribution in [3.05, 3.63) is 59.5 Å². The van der Waals surface area contributed by atoms with Gasteiger partial charge in [0.15, 0.2) is 5.82 Å². The summed E-state index contributed by atoms with van der Waals surface area (Å²) in [5.41, 5.74) is -0.977. The highest BCUT2D eigenvalue weighted by Gasteiger charge is 2.16. The zero-order chi connectivity index (χ0) is 15.7. The average Bonchev–Trinajstić information content (AvgIpc) is 2.40. The van der Waals surface area contributed by atoms with Gasteiger partial charge in [0, 0.05) is 0 Å². The van der Waals surface area contributed by atoms with E-state index in [0.29, 0.717) is 12.8 Å². The molecule has 1 aromatic heterocycles. The molecule has 2 rings (SSSR count). The predicted molar refractivity (Wildman–Crippen MR) is 81.6 cm³/mol. The molecule has 0 aliphatic rings. The third kappa shape index (κ3) is 3.00. The number of benzene rings is 1. The highest BCUT2D eigenvalue weighted by atomic mass is 35.5. The van der Waals surface area contributed by atoms with Crippen molar-refractivity contribution >= 4 is 34.8 Å². The molecule has 0 fully saturated rings. The number of aromatic amines is 1. The molecular formula is C13H10Cl3FN2O2. The van der Waals surface area contributed by atoms with Crippen LogP contribution in [0.4, 0.5) is 4.39 Å². The summed E-state index contributed by atoms with van der Waals surface area (Å²) >= 11 is 17.3. The van der Waals surface area contributed by atoms with E-state index >= 15 is 0 Å². The first-order valence-electron chi connectivity index (χ1n) is 6.05. The van der Waals surface area contributed by atoms with Crippen LogP contribution in [0.25, 0.3) is 5.69 Å². The van der Waals surface area contributed by atoms with Gasteiger partial charge >= 0.3 is 5.69 Å². The lowest BCUT2D eigenvalue weighted by molar-refractivity contribution is 0.628. The number of nitrogens with zero attached hydrogens (tertiary/aromatic N) is 1. The third-order valence-electron chi connectivity index (χ3n) is 2.87. The molecule has 4 nitrogen and oxygen atoms in total. The lowest BCUT2D eigenvalue weighted by Gasteiger charge is -2.10. The summed E-state index contributed by atoms with van der Waals surface area (Å²) in [5.74, 6) is -0.811. The lowest BCUT2D eigenvalue weighted by Crippen LogP contribution is -2.36. The van der Waals surface area contributed by atoms with Crippen LogP contribution in [0.3, 0.4) is 0 Å². The zero-order valence-electron chi connectivity index (χ0n) is 10.8. The number of nitrogens with one attached hydrogen (secondary N) is 1. The average molecular weight is 352 g/mol. The maximum atomic E-state index is 13.4. The van der Waals surface area contributed by atoms with Crippen LogP contribution in [0.2, 0.25) is 15.2 Å². The SMILES string of the molecule is CCCc1c(Cl)[nH]c(=O)n(-c2cc(Cl)c(F)c(Cl)c2)c1=O. The normalized spacial score (nSPS) is 10.9. The summed E-state index contributed by atoms with van der Waals surface area (Å²) in [5, 5.41) is -0.561. The quantitative estimate of drug-likeness (QED) is 0.679. The summed E-state index contributed by atoms with van der Waals surface area (Å²) < 4.78 is 14.3. The van der Waals surface area contributed by atoms with Crippen LogP contribution in [0.1, 0.15) is 18.9 Å². The number of H-pyrrole nitrogens is 1. The summed E-state index contributed by atoms with van der Waals surface area (Å²) in [6.45, 7) is 1.87. The minimum absolute atomic E-state index is 0.00223. The second kappa shape index (κ2) is 6.22. The van der Waals surface area contributed by atoms with Gasteiger partial charge in [-0.2, -0.15) is 0 Å². The zero-order valence-corrected chi connectivity index (χ0v) is 13.1. The fraction of sp³-hybridized carbons (Fsp3) is 0.231. The highest BCUT2D eigenvalue weighted by Crippen LogP contribution is 2.25. The van der Waals surface area contributed by atoms with Gasteiger partial charge in [0.1, 0.15) is 5.15 Å². The van der Waals surface area contributed by atoms with E-state index in [1.54, 1.807) is 0 Å². The summed E-state index contributed by atoms with van der Waals surface area (Å²) in [4.78, 5) is 26.7. The smallest absolute Gasteiger partial charge is 0.297 e. The van der Waals surface area contributed by atoms with Gasteiger partial charge in [0.25, 0.3) is 5.56 Å². The Hall–Kier alpha value is -1.30. The molecule has 0 saturated heterocycles. The molecule has 0 aliphatic carbocycles. The summed E-state index contributed by atoms with van der Waals surface area (Å²) in [6, 6.07) is 2.31. The second-order valence-electron chi connectivity index (χ2n) is 4.34. The van der Waals surface area contributed by atoms with E-state index in [1.807, 2.05) is 6.92 Å². The van der Waals surface area contributed by atoms with E-state index in [4.69, 9.17) is 34.8 Å². The maximum Gasteiger partial charge on any atom is 0.334 e. The van der Waals surface area contributed by atoms with Crippen molar-refractivity contribution < 1.29 is 4.39 Å². The molecule has 1 N–H and O–H groups in total. The molecule has 1 heterocycles. The molecule has 0 amide bonds. The Morgan fingerprint density at radius 3 is 2.29 bits per heavy atom. The van der Waals surface area contributed by atoms with Crippen LogP contribution < -0.4 is 11.2 Å². The fourth-order valence-corrected chi connectivity index (χ4v) is 2.65. The first-order chi connectivity index (χ1) is 9.86. The van der Waals surface area contributed by atoms with Gasteiger partial charge in [0.2, 0.25) is 0 Å². The van der Waals surface area contributed by atoms with Crippen molar-refractivity contribution in [1.29, 1.82) is 0 Å². The van der Waals surface area contributed by atoms with Crippen LogP contribution in [-0.4, -0.2) is 9.55 Å². The Bertz CT molecular complexity index is 791. The van der Waals surface area contributed by atoms with Crippen LogP contribution in [0.15, 0.2) is 21.7 Å². The van der Waals surface area contributed by atoms with E-state index in [9.17, 15) is 14.0 Å². The molecule has 1 aromatic carbocycles. The number of aromatic nitrogens is 2. The van der Waals surface area contributed by atoms with Gasteiger partial charge in [-0.25, -0.2) is 13.8 Å². The van der Waals surface area contributed by atoms with Gasteiger partial charge in [-0.1, -0.05) is 48.1 Å². The molecule has 0 radical (unpaired) electrons. The fourth-order valence-electron chi connectivity index (χ4n) is 1.92. The van der Waals surface area contributed by atoms with E-state index in [-0.39, 0.29) is 26.4 Å². The van der Waals surface area contributed by atoms with Gasteiger partial charge in [-0.15, -0.1) is 0 Å². The van der Waals surface area contributed by atoms with Gasteiger partial charge in [-0.3, -0.25) is 9.78 Å². The topological polar surface area (TPSA) is 54.9 Å². The van der Waals surface area contributed by atoms with Crippen molar-refractivity contribution in [3.8, 4) is 5.69 Å². The Morgan fingerprint density at radius 2 is 1.76 bits per heavy atom.